The molecule has 1 aromatic carbocycles. The second-order valence-electron chi connectivity index (χ2n) is 4.50. The summed E-state index contributed by atoms with van der Waals surface area (Å²) in [7, 11) is 1.34. The predicted molar refractivity (Wildman–Crippen MR) is 73.0 cm³/mol. The Kier molecular flexibility index (Phi) is 5.73. The molecule has 0 bridgehead atoms. The average molecular weight is 262 g/mol. The van der Waals surface area contributed by atoms with Crippen molar-refractivity contribution in [2.24, 2.45) is 11.0 Å². The van der Waals surface area contributed by atoms with Crippen LogP contribution in [-0.4, -0.2) is 25.2 Å². The van der Waals surface area contributed by atoms with Crippen molar-refractivity contribution < 1.29 is 14.3 Å². The molecule has 19 heavy (non-hydrogen) atoms. The van der Waals surface area contributed by atoms with E-state index in [2.05, 4.69) is 15.3 Å². The summed E-state index contributed by atoms with van der Waals surface area (Å²) < 4.78 is 4.60. The van der Waals surface area contributed by atoms with E-state index in [1.807, 2.05) is 13.8 Å². The average Bonchev–Trinajstić information content (AvgIpc) is 2.37. The van der Waals surface area contributed by atoms with Gasteiger partial charge in [0.05, 0.1) is 18.9 Å². The van der Waals surface area contributed by atoms with Crippen LogP contribution < -0.4 is 5.43 Å². The van der Waals surface area contributed by atoms with Gasteiger partial charge in [-0.2, -0.15) is 5.10 Å². The lowest BCUT2D eigenvalue weighted by Gasteiger charge is -2.02. The third kappa shape index (κ3) is 5.33. The number of hydrazone groups is 1. The van der Waals surface area contributed by atoms with E-state index in [0.29, 0.717) is 17.9 Å². The van der Waals surface area contributed by atoms with E-state index >= 15 is 0 Å². The number of benzene rings is 1. The zero-order valence-corrected chi connectivity index (χ0v) is 11.3. The summed E-state index contributed by atoms with van der Waals surface area (Å²) >= 11 is 0. The first-order valence-electron chi connectivity index (χ1n) is 6.03. The topological polar surface area (TPSA) is 67.8 Å². The van der Waals surface area contributed by atoms with Crippen molar-refractivity contribution in [3.63, 3.8) is 0 Å². The summed E-state index contributed by atoms with van der Waals surface area (Å²) in [5.41, 5.74) is 3.71. The number of rotatable bonds is 5. The molecule has 0 aliphatic heterocycles. The van der Waals surface area contributed by atoms with Gasteiger partial charge in [0.2, 0.25) is 5.91 Å². The van der Waals surface area contributed by atoms with Crippen molar-refractivity contribution in [2.45, 2.75) is 20.3 Å². The smallest absolute Gasteiger partial charge is 0.337 e. The van der Waals surface area contributed by atoms with Crippen LogP contribution in [0.25, 0.3) is 0 Å². The van der Waals surface area contributed by atoms with Gasteiger partial charge in [0.15, 0.2) is 0 Å². The summed E-state index contributed by atoms with van der Waals surface area (Å²) in [6.45, 7) is 3.93. The molecule has 0 atom stereocenters. The molecular weight excluding hydrogens is 244 g/mol. The Balaban J connectivity index is 2.53. The van der Waals surface area contributed by atoms with Crippen molar-refractivity contribution in [1.29, 1.82) is 0 Å². The van der Waals surface area contributed by atoms with E-state index < -0.39 is 0 Å². The molecule has 0 radical (unpaired) electrons. The molecule has 1 N–H and O–H groups in total. The number of esters is 1. The number of hydrogen-bond donors (Lipinski definition) is 1. The fourth-order valence-electron chi connectivity index (χ4n) is 1.42. The molecule has 5 nitrogen and oxygen atoms in total. The summed E-state index contributed by atoms with van der Waals surface area (Å²) in [6, 6.07) is 6.74. The maximum atomic E-state index is 11.3. The highest BCUT2D eigenvalue weighted by atomic mass is 16.5. The van der Waals surface area contributed by atoms with Gasteiger partial charge < -0.3 is 4.74 Å². The van der Waals surface area contributed by atoms with Crippen LogP contribution in [0.2, 0.25) is 0 Å². The van der Waals surface area contributed by atoms with Gasteiger partial charge in [-0.25, -0.2) is 10.2 Å². The Bertz CT molecular complexity index is 464. The third-order valence-corrected chi connectivity index (χ3v) is 2.33. The molecule has 5 heteroatoms. The Labute approximate surface area is 112 Å². The van der Waals surface area contributed by atoms with Crippen molar-refractivity contribution >= 4 is 18.1 Å². The minimum atomic E-state index is -0.381. The maximum Gasteiger partial charge on any atom is 0.337 e. The van der Waals surface area contributed by atoms with Gasteiger partial charge in [-0.05, 0) is 23.6 Å². The number of carbonyl (C=O) groups excluding carboxylic acids is 2. The third-order valence-electron chi connectivity index (χ3n) is 2.33. The minimum Gasteiger partial charge on any atom is -0.465 e. The number of carbonyl (C=O) groups is 2. The van der Waals surface area contributed by atoms with E-state index in [4.69, 9.17) is 0 Å². The molecule has 0 aliphatic carbocycles. The number of methoxy groups -OCH3 is 1. The normalized spacial score (nSPS) is 10.7. The van der Waals surface area contributed by atoms with Crippen molar-refractivity contribution in [3.05, 3.63) is 35.4 Å². The van der Waals surface area contributed by atoms with E-state index in [9.17, 15) is 9.59 Å². The van der Waals surface area contributed by atoms with Crippen LogP contribution in [0.1, 0.15) is 36.2 Å². The van der Waals surface area contributed by atoms with Crippen molar-refractivity contribution in [3.8, 4) is 0 Å². The van der Waals surface area contributed by atoms with Crippen LogP contribution in [0.4, 0.5) is 0 Å². The zero-order chi connectivity index (χ0) is 14.3. The summed E-state index contributed by atoms with van der Waals surface area (Å²) in [5, 5.41) is 3.85. The first kappa shape index (κ1) is 14.9. The Morgan fingerprint density at radius 2 is 1.95 bits per heavy atom. The van der Waals surface area contributed by atoms with Gasteiger partial charge in [-0.15, -0.1) is 0 Å². The number of ether oxygens (including phenoxy) is 1. The quantitative estimate of drug-likeness (QED) is 0.501. The van der Waals surface area contributed by atoms with Gasteiger partial charge in [0, 0.05) is 6.42 Å². The fourth-order valence-corrected chi connectivity index (χ4v) is 1.42. The SMILES string of the molecule is COC(=O)c1ccc(/C=N/NC(=O)CC(C)C)cc1. The first-order valence-corrected chi connectivity index (χ1v) is 6.03. The molecular formula is C14H18N2O3. The largest absolute Gasteiger partial charge is 0.465 e. The predicted octanol–water partition coefficient (Wildman–Crippen LogP) is 1.97. The molecule has 0 saturated heterocycles. The second kappa shape index (κ2) is 7.31. The monoisotopic (exact) mass is 262 g/mol. The van der Waals surface area contributed by atoms with E-state index in [1.165, 1.54) is 13.3 Å². The molecule has 0 aromatic heterocycles. The van der Waals surface area contributed by atoms with Gasteiger partial charge in [0.25, 0.3) is 0 Å². The molecule has 102 valence electrons. The van der Waals surface area contributed by atoms with E-state index in [1.54, 1.807) is 24.3 Å². The molecule has 1 rings (SSSR count). The minimum absolute atomic E-state index is 0.113. The van der Waals surface area contributed by atoms with E-state index in [-0.39, 0.29) is 11.9 Å². The molecule has 0 saturated carbocycles. The number of nitrogens with one attached hydrogen (secondary N) is 1. The molecule has 0 aliphatic rings. The summed E-state index contributed by atoms with van der Waals surface area (Å²) in [4.78, 5) is 22.6. The molecule has 0 fully saturated rings. The molecule has 1 aromatic rings. The van der Waals surface area contributed by atoms with E-state index in [0.717, 1.165) is 5.56 Å². The lowest BCUT2D eigenvalue weighted by atomic mass is 10.1. The van der Waals surface area contributed by atoms with Crippen LogP contribution in [0.3, 0.4) is 0 Å². The van der Waals surface area contributed by atoms with Gasteiger partial charge in [-0.3, -0.25) is 4.79 Å². The van der Waals surface area contributed by atoms with Gasteiger partial charge in [-0.1, -0.05) is 26.0 Å². The number of amides is 1. The van der Waals surface area contributed by atoms with Crippen LogP contribution in [0, 0.1) is 5.92 Å². The Hall–Kier alpha value is -2.17. The van der Waals surface area contributed by atoms with Crippen LogP contribution >= 0.6 is 0 Å². The second-order valence-corrected chi connectivity index (χ2v) is 4.50. The van der Waals surface area contributed by atoms with Crippen molar-refractivity contribution in [1.82, 2.24) is 5.43 Å². The lowest BCUT2D eigenvalue weighted by Crippen LogP contribution is -2.19. The van der Waals surface area contributed by atoms with Crippen LogP contribution in [-0.2, 0) is 9.53 Å². The lowest BCUT2D eigenvalue weighted by molar-refractivity contribution is -0.121. The van der Waals surface area contributed by atoms with Crippen LogP contribution in [0.15, 0.2) is 29.4 Å². The zero-order valence-electron chi connectivity index (χ0n) is 11.3. The van der Waals surface area contributed by atoms with Crippen LogP contribution in [0.5, 0.6) is 0 Å². The number of hydrogen-bond acceptors (Lipinski definition) is 4. The molecule has 0 heterocycles. The molecule has 1 amide bonds. The summed E-state index contributed by atoms with van der Waals surface area (Å²) in [5.74, 6) is -0.194. The number of nitrogens with zero attached hydrogens (tertiary/aromatic N) is 1. The first-order chi connectivity index (χ1) is 9.02. The Morgan fingerprint density at radius 3 is 2.47 bits per heavy atom. The summed E-state index contributed by atoms with van der Waals surface area (Å²) in [6.07, 6.45) is 1.97. The van der Waals surface area contributed by atoms with Gasteiger partial charge >= 0.3 is 5.97 Å². The fraction of sp³-hybridized carbons (Fsp3) is 0.357. The van der Waals surface area contributed by atoms with Crippen molar-refractivity contribution in [2.75, 3.05) is 7.11 Å². The molecule has 0 spiro atoms. The maximum absolute atomic E-state index is 11.3. The highest BCUT2D eigenvalue weighted by Crippen LogP contribution is 2.04. The molecule has 0 unspecified atom stereocenters. The highest BCUT2D eigenvalue weighted by Gasteiger charge is 2.04. The highest BCUT2D eigenvalue weighted by molar-refractivity contribution is 5.90. The Morgan fingerprint density at radius 1 is 1.32 bits per heavy atom. The van der Waals surface area contributed by atoms with Gasteiger partial charge in [0.1, 0.15) is 0 Å². The standard InChI is InChI=1S/C14H18N2O3/c1-10(2)8-13(17)16-15-9-11-4-6-12(7-5-11)14(18)19-3/h4-7,9-10H,8H2,1-3H3,(H,16,17)/b15-9+.